The molecule has 1 fully saturated rings. The number of rotatable bonds is 8. The second-order valence-corrected chi connectivity index (χ2v) is 7.25. The zero-order chi connectivity index (χ0) is 15.0. The summed E-state index contributed by atoms with van der Waals surface area (Å²) in [5.74, 6) is 1.48. The van der Waals surface area contributed by atoms with Crippen molar-refractivity contribution in [3.05, 3.63) is 0 Å². The Balaban J connectivity index is 2.14. The van der Waals surface area contributed by atoms with Gasteiger partial charge in [0.25, 0.3) is 0 Å². The highest BCUT2D eigenvalue weighted by molar-refractivity contribution is 7.98. The first-order valence-electron chi connectivity index (χ1n) is 7.68. The van der Waals surface area contributed by atoms with Crippen LogP contribution in [0.2, 0.25) is 0 Å². The van der Waals surface area contributed by atoms with Crippen LogP contribution in [0.4, 0.5) is 4.79 Å². The van der Waals surface area contributed by atoms with Crippen molar-refractivity contribution < 1.29 is 9.90 Å². The number of aliphatic hydroxyl groups is 1. The quantitative estimate of drug-likeness (QED) is 0.646. The molecule has 2 unspecified atom stereocenters. The van der Waals surface area contributed by atoms with Crippen molar-refractivity contribution in [2.45, 2.75) is 64.0 Å². The monoisotopic (exact) mass is 302 g/mol. The number of carbonyl (C=O) groups is 1. The predicted octanol–water partition coefficient (Wildman–Crippen LogP) is 2.76. The van der Waals surface area contributed by atoms with Crippen LogP contribution in [0.3, 0.4) is 0 Å². The summed E-state index contributed by atoms with van der Waals surface area (Å²) in [5, 5.41) is 15.7. The smallest absolute Gasteiger partial charge is 0.315 e. The number of urea groups is 1. The molecule has 0 saturated heterocycles. The summed E-state index contributed by atoms with van der Waals surface area (Å²) in [5.41, 5.74) is -0.843. The van der Waals surface area contributed by atoms with Crippen molar-refractivity contribution >= 4 is 17.8 Å². The Morgan fingerprint density at radius 1 is 1.45 bits per heavy atom. The lowest BCUT2D eigenvalue weighted by atomic mass is 9.99. The van der Waals surface area contributed by atoms with Crippen molar-refractivity contribution in [2.24, 2.45) is 5.92 Å². The molecule has 0 aromatic heterocycles. The van der Waals surface area contributed by atoms with E-state index in [1.807, 2.05) is 6.26 Å². The first-order valence-corrected chi connectivity index (χ1v) is 9.08. The van der Waals surface area contributed by atoms with Gasteiger partial charge in [-0.25, -0.2) is 4.79 Å². The van der Waals surface area contributed by atoms with Gasteiger partial charge in [-0.1, -0.05) is 25.7 Å². The standard InChI is InChI=1S/C15H30N2O2S/c1-12(8-9-13-6-4-5-7-13)17-14(18)16-10-15(2,19)11-20-3/h12-13,19H,4-11H2,1-3H3,(H2,16,17,18). The van der Waals surface area contributed by atoms with Crippen molar-refractivity contribution in [3.63, 3.8) is 0 Å². The SMILES string of the molecule is CSCC(C)(O)CNC(=O)NC(C)CCC1CCCC1. The number of nitrogens with one attached hydrogen (secondary N) is 2. The predicted molar refractivity (Wildman–Crippen MR) is 86.2 cm³/mol. The molecule has 4 nitrogen and oxygen atoms in total. The van der Waals surface area contributed by atoms with Gasteiger partial charge in [0.05, 0.1) is 5.60 Å². The van der Waals surface area contributed by atoms with Crippen LogP contribution < -0.4 is 10.6 Å². The third-order valence-corrected chi connectivity index (χ3v) is 4.86. The fourth-order valence-corrected chi connectivity index (χ4v) is 3.49. The molecule has 0 radical (unpaired) electrons. The van der Waals surface area contributed by atoms with Crippen molar-refractivity contribution in [1.29, 1.82) is 0 Å². The van der Waals surface area contributed by atoms with Crippen LogP contribution in [0.15, 0.2) is 0 Å². The Bertz CT molecular complexity index is 292. The highest BCUT2D eigenvalue weighted by Gasteiger charge is 2.21. The van der Waals surface area contributed by atoms with Gasteiger partial charge in [0.15, 0.2) is 0 Å². The molecule has 1 aliphatic rings. The van der Waals surface area contributed by atoms with E-state index in [4.69, 9.17) is 0 Å². The minimum atomic E-state index is -0.843. The fraction of sp³-hybridized carbons (Fsp3) is 0.933. The molecule has 0 aliphatic heterocycles. The summed E-state index contributed by atoms with van der Waals surface area (Å²) in [6.45, 7) is 4.08. The zero-order valence-electron chi connectivity index (χ0n) is 13.1. The Morgan fingerprint density at radius 3 is 2.70 bits per heavy atom. The average molecular weight is 302 g/mol. The normalized spacial score (nSPS) is 20.4. The molecule has 1 rings (SSSR count). The Hall–Kier alpha value is -0.420. The van der Waals surface area contributed by atoms with Gasteiger partial charge >= 0.3 is 6.03 Å². The van der Waals surface area contributed by atoms with Gasteiger partial charge in [-0.05, 0) is 38.9 Å². The van der Waals surface area contributed by atoms with Crippen LogP contribution in [-0.4, -0.2) is 41.3 Å². The summed E-state index contributed by atoms with van der Waals surface area (Å²) in [4.78, 5) is 11.8. The largest absolute Gasteiger partial charge is 0.387 e. The van der Waals surface area contributed by atoms with Crippen LogP contribution in [-0.2, 0) is 0 Å². The minimum absolute atomic E-state index is 0.176. The lowest BCUT2D eigenvalue weighted by molar-refractivity contribution is 0.0868. The number of amides is 2. The first kappa shape index (κ1) is 17.6. The molecule has 0 aromatic carbocycles. The van der Waals surface area contributed by atoms with Crippen molar-refractivity contribution in [1.82, 2.24) is 10.6 Å². The highest BCUT2D eigenvalue weighted by Crippen LogP contribution is 2.28. The Kier molecular flexibility index (Phi) is 7.74. The van der Waals surface area contributed by atoms with E-state index >= 15 is 0 Å². The number of carbonyl (C=O) groups excluding carboxylic acids is 1. The molecule has 1 aliphatic carbocycles. The van der Waals surface area contributed by atoms with Gasteiger partial charge < -0.3 is 15.7 Å². The molecule has 5 heteroatoms. The van der Waals surface area contributed by atoms with Crippen LogP contribution in [0.5, 0.6) is 0 Å². The van der Waals surface area contributed by atoms with Gasteiger partial charge in [0, 0.05) is 18.3 Å². The zero-order valence-corrected chi connectivity index (χ0v) is 13.9. The second kappa shape index (κ2) is 8.78. The van der Waals surface area contributed by atoms with E-state index in [0.717, 1.165) is 12.3 Å². The summed E-state index contributed by atoms with van der Waals surface area (Å²) in [7, 11) is 0. The van der Waals surface area contributed by atoms with Gasteiger partial charge in [-0.2, -0.15) is 11.8 Å². The molecule has 1 saturated carbocycles. The third-order valence-electron chi connectivity index (χ3n) is 3.95. The van der Waals surface area contributed by atoms with E-state index in [2.05, 4.69) is 17.6 Å². The summed E-state index contributed by atoms with van der Waals surface area (Å²) in [6.07, 6.45) is 9.66. The fourth-order valence-electron chi connectivity index (χ4n) is 2.76. The van der Waals surface area contributed by atoms with Crippen LogP contribution >= 0.6 is 11.8 Å². The van der Waals surface area contributed by atoms with Crippen molar-refractivity contribution in [3.8, 4) is 0 Å². The highest BCUT2D eigenvalue weighted by atomic mass is 32.2. The molecular weight excluding hydrogens is 272 g/mol. The molecule has 20 heavy (non-hydrogen) atoms. The Morgan fingerprint density at radius 2 is 2.10 bits per heavy atom. The van der Waals surface area contributed by atoms with E-state index < -0.39 is 5.60 Å². The van der Waals surface area contributed by atoms with E-state index in [0.29, 0.717) is 5.75 Å². The maximum Gasteiger partial charge on any atom is 0.315 e. The molecule has 2 amide bonds. The molecule has 0 bridgehead atoms. The summed E-state index contributed by atoms with van der Waals surface area (Å²) >= 11 is 1.57. The maximum absolute atomic E-state index is 11.8. The summed E-state index contributed by atoms with van der Waals surface area (Å²) in [6, 6.07) is 0.0198. The third kappa shape index (κ3) is 7.39. The van der Waals surface area contributed by atoms with Crippen molar-refractivity contribution in [2.75, 3.05) is 18.6 Å². The number of thioether (sulfide) groups is 1. The van der Waals surface area contributed by atoms with Crippen LogP contribution in [0.25, 0.3) is 0 Å². The topological polar surface area (TPSA) is 61.4 Å². The van der Waals surface area contributed by atoms with Gasteiger partial charge in [-0.15, -0.1) is 0 Å². The van der Waals surface area contributed by atoms with Gasteiger partial charge in [0.1, 0.15) is 0 Å². The molecule has 118 valence electrons. The number of hydrogen-bond acceptors (Lipinski definition) is 3. The second-order valence-electron chi connectivity index (χ2n) is 6.39. The van der Waals surface area contributed by atoms with E-state index in [9.17, 15) is 9.90 Å². The number of hydrogen-bond donors (Lipinski definition) is 3. The Labute approximate surface area is 127 Å². The lowest BCUT2D eigenvalue weighted by Crippen LogP contribution is -2.48. The van der Waals surface area contributed by atoms with Gasteiger partial charge in [0.2, 0.25) is 0 Å². The van der Waals surface area contributed by atoms with E-state index in [1.54, 1.807) is 18.7 Å². The molecule has 0 aromatic rings. The van der Waals surface area contributed by atoms with Gasteiger partial charge in [-0.3, -0.25) is 0 Å². The van der Waals surface area contributed by atoms with E-state index in [1.165, 1.54) is 32.1 Å². The summed E-state index contributed by atoms with van der Waals surface area (Å²) < 4.78 is 0. The molecule has 0 heterocycles. The lowest BCUT2D eigenvalue weighted by Gasteiger charge is -2.23. The maximum atomic E-state index is 11.8. The average Bonchev–Trinajstić information content (AvgIpc) is 2.87. The first-order chi connectivity index (χ1) is 9.43. The van der Waals surface area contributed by atoms with Crippen LogP contribution in [0.1, 0.15) is 52.4 Å². The van der Waals surface area contributed by atoms with Crippen LogP contribution in [0, 0.1) is 5.92 Å². The van der Waals surface area contributed by atoms with E-state index in [-0.39, 0.29) is 18.6 Å². The molecule has 3 N–H and O–H groups in total. The molecule has 0 spiro atoms. The molecular formula is C15H30N2O2S. The minimum Gasteiger partial charge on any atom is -0.387 e. The molecule has 2 atom stereocenters.